The summed E-state index contributed by atoms with van der Waals surface area (Å²) in [5.74, 6) is 0.223. The van der Waals surface area contributed by atoms with Gasteiger partial charge in [0.1, 0.15) is 11.4 Å². The molecule has 0 saturated heterocycles. The van der Waals surface area contributed by atoms with Crippen molar-refractivity contribution >= 4 is 28.2 Å². The van der Waals surface area contributed by atoms with Crippen LogP contribution < -0.4 is 10.1 Å². The second-order valence-corrected chi connectivity index (χ2v) is 6.53. The number of rotatable bonds is 5. The molecule has 0 aliphatic heterocycles. The van der Waals surface area contributed by atoms with Gasteiger partial charge in [0.25, 0.3) is 11.6 Å². The zero-order valence-corrected chi connectivity index (χ0v) is 16.0. The fraction of sp³-hybridized carbons (Fsp3) is 0.0435. The highest BCUT2D eigenvalue weighted by Gasteiger charge is 2.19. The summed E-state index contributed by atoms with van der Waals surface area (Å²) >= 11 is 0. The van der Waals surface area contributed by atoms with Crippen LogP contribution in [0.3, 0.4) is 0 Å². The van der Waals surface area contributed by atoms with Gasteiger partial charge in [0.15, 0.2) is 0 Å². The Bertz CT molecular complexity index is 1270. The van der Waals surface area contributed by atoms with E-state index in [9.17, 15) is 14.9 Å². The highest BCUT2D eigenvalue weighted by Crippen LogP contribution is 2.29. The molecule has 1 amide bonds. The van der Waals surface area contributed by atoms with Crippen LogP contribution in [0.1, 0.15) is 10.4 Å². The Labute approximate surface area is 172 Å². The van der Waals surface area contributed by atoms with Crippen LogP contribution in [0.15, 0.2) is 78.9 Å². The van der Waals surface area contributed by atoms with Crippen molar-refractivity contribution in [1.82, 2.24) is 4.98 Å². The first-order valence-electron chi connectivity index (χ1n) is 9.16. The van der Waals surface area contributed by atoms with Gasteiger partial charge in [-0.25, -0.2) is 4.98 Å². The second-order valence-electron chi connectivity index (χ2n) is 6.53. The zero-order chi connectivity index (χ0) is 21.1. The molecule has 3 aromatic carbocycles. The topological polar surface area (TPSA) is 94.4 Å². The minimum Gasteiger partial charge on any atom is -0.497 e. The van der Waals surface area contributed by atoms with Gasteiger partial charge in [-0.15, -0.1) is 0 Å². The van der Waals surface area contributed by atoms with Crippen molar-refractivity contribution in [2.45, 2.75) is 0 Å². The lowest BCUT2D eigenvalue weighted by molar-refractivity contribution is -0.383. The SMILES string of the molecule is COc1cccc(-c2cc(C(=O)Nc3ccccc3[N+](=O)[O-])c3ccccc3n2)c1. The summed E-state index contributed by atoms with van der Waals surface area (Å²) < 4.78 is 5.29. The molecule has 1 aromatic heterocycles. The van der Waals surface area contributed by atoms with Crippen LogP contribution >= 0.6 is 0 Å². The number of anilines is 1. The third kappa shape index (κ3) is 3.68. The monoisotopic (exact) mass is 399 g/mol. The molecule has 0 spiro atoms. The van der Waals surface area contributed by atoms with Gasteiger partial charge in [0.2, 0.25) is 0 Å². The Morgan fingerprint density at radius 1 is 1.00 bits per heavy atom. The molecule has 30 heavy (non-hydrogen) atoms. The van der Waals surface area contributed by atoms with Crippen LogP contribution in [0.5, 0.6) is 5.75 Å². The predicted molar refractivity (Wildman–Crippen MR) is 115 cm³/mol. The molecule has 0 radical (unpaired) electrons. The molecule has 1 heterocycles. The number of para-hydroxylation sites is 3. The van der Waals surface area contributed by atoms with Crippen molar-refractivity contribution in [2.24, 2.45) is 0 Å². The van der Waals surface area contributed by atoms with Gasteiger partial charge in [-0.3, -0.25) is 14.9 Å². The zero-order valence-electron chi connectivity index (χ0n) is 16.0. The molecule has 0 fully saturated rings. The smallest absolute Gasteiger partial charge is 0.292 e. The highest BCUT2D eigenvalue weighted by molar-refractivity contribution is 6.13. The van der Waals surface area contributed by atoms with Crippen LogP contribution in [0.25, 0.3) is 22.2 Å². The van der Waals surface area contributed by atoms with Gasteiger partial charge >= 0.3 is 0 Å². The standard InChI is InChI=1S/C23H17N3O4/c1-30-16-8-6-7-15(13-16)21-14-18(17-9-2-3-10-19(17)24-21)23(27)25-20-11-4-5-12-22(20)26(28)29/h2-14H,1H3,(H,25,27). The largest absolute Gasteiger partial charge is 0.497 e. The van der Waals surface area contributed by atoms with Gasteiger partial charge in [0.05, 0.1) is 28.8 Å². The number of nitro groups is 1. The molecule has 1 N–H and O–H groups in total. The predicted octanol–water partition coefficient (Wildman–Crippen LogP) is 5.07. The molecule has 0 aliphatic rings. The second kappa shape index (κ2) is 8.00. The first kappa shape index (κ1) is 19.1. The van der Waals surface area contributed by atoms with E-state index in [0.29, 0.717) is 27.9 Å². The van der Waals surface area contributed by atoms with Crippen molar-refractivity contribution in [1.29, 1.82) is 0 Å². The fourth-order valence-corrected chi connectivity index (χ4v) is 3.22. The molecular formula is C23H17N3O4. The highest BCUT2D eigenvalue weighted by atomic mass is 16.6. The summed E-state index contributed by atoms with van der Waals surface area (Å²) in [6.45, 7) is 0. The van der Waals surface area contributed by atoms with Gasteiger partial charge < -0.3 is 10.1 Å². The Morgan fingerprint density at radius 2 is 1.77 bits per heavy atom. The third-order valence-electron chi connectivity index (χ3n) is 4.68. The molecule has 4 aromatic rings. The Kier molecular flexibility index (Phi) is 5.09. The van der Waals surface area contributed by atoms with Crippen molar-refractivity contribution < 1.29 is 14.5 Å². The molecular weight excluding hydrogens is 382 g/mol. The maximum absolute atomic E-state index is 13.1. The molecule has 4 rings (SSSR count). The van der Waals surface area contributed by atoms with Gasteiger partial charge in [-0.05, 0) is 30.3 Å². The number of amides is 1. The number of benzene rings is 3. The van der Waals surface area contributed by atoms with E-state index >= 15 is 0 Å². The molecule has 7 nitrogen and oxygen atoms in total. The van der Waals surface area contributed by atoms with E-state index in [0.717, 1.165) is 5.56 Å². The Balaban J connectivity index is 1.82. The summed E-state index contributed by atoms with van der Waals surface area (Å²) in [6, 6.07) is 22.4. The van der Waals surface area contributed by atoms with E-state index < -0.39 is 10.8 Å². The quantitative estimate of drug-likeness (QED) is 0.373. The molecule has 7 heteroatoms. The number of pyridine rings is 1. The van der Waals surface area contributed by atoms with Crippen molar-refractivity contribution in [3.05, 3.63) is 94.5 Å². The summed E-state index contributed by atoms with van der Waals surface area (Å²) in [7, 11) is 1.58. The average molecular weight is 399 g/mol. The lowest BCUT2D eigenvalue weighted by Gasteiger charge is -2.11. The van der Waals surface area contributed by atoms with E-state index in [-0.39, 0.29) is 11.4 Å². The molecule has 0 aliphatic carbocycles. The number of fused-ring (bicyclic) bond motifs is 1. The lowest BCUT2D eigenvalue weighted by Crippen LogP contribution is -2.14. The molecule has 148 valence electrons. The number of carbonyl (C=O) groups excluding carboxylic acids is 1. The fourth-order valence-electron chi connectivity index (χ4n) is 3.22. The number of aromatic nitrogens is 1. The third-order valence-corrected chi connectivity index (χ3v) is 4.68. The van der Waals surface area contributed by atoms with E-state index in [1.807, 2.05) is 42.5 Å². The minimum absolute atomic E-state index is 0.135. The number of nitrogens with zero attached hydrogens (tertiary/aromatic N) is 2. The van der Waals surface area contributed by atoms with Gasteiger partial charge in [-0.1, -0.05) is 42.5 Å². The van der Waals surface area contributed by atoms with Crippen LogP contribution in [0.4, 0.5) is 11.4 Å². The molecule has 0 unspecified atom stereocenters. The first-order valence-corrected chi connectivity index (χ1v) is 9.16. The summed E-state index contributed by atoms with van der Waals surface area (Å²) in [4.78, 5) is 28.6. The summed E-state index contributed by atoms with van der Waals surface area (Å²) in [5.41, 5.74) is 2.37. The maximum atomic E-state index is 13.1. The Morgan fingerprint density at radius 3 is 2.57 bits per heavy atom. The van der Waals surface area contributed by atoms with Gasteiger partial charge in [-0.2, -0.15) is 0 Å². The van der Waals surface area contributed by atoms with Crippen LogP contribution in [-0.4, -0.2) is 22.9 Å². The minimum atomic E-state index is -0.526. The van der Waals surface area contributed by atoms with Crippen molar-refractivity contribution in [3.63, 3.8) is 0 Å². The van der Waals surface area contributed by atoms with E-state index in [1.165, 1.54) is 12.1 Å². The number of hydrogen-bond donors (Lipinski definition) is 1. The molecule has 0 saturated carbocycles. The number of ether oxygens (including phenoxy) is 1. The van der Waals surface area contributed by atoms with Crippen molar-refractivity contribution in [3.8, 4) is 17.0 Å². The Hall–Kier alpha value is -4.26. The van der Waals surface area contributed by atoms with Gasteiger partial charge in [0, 0.05) is 17.0 Å². The van der Waals surface area contributed by atoms with E-state index in [4.69, 9.17) is 4.74 Å². The first-order chi connectivity index (χ1) is 14.6. The van der Waals surface area contributed by atoms with Crippen LogP contribution in [-0.2, 0) is 0 Å². The number of carbonyl (C=O) groups is 1. The number of nitrogens with one attached hydrogen (secondary N) is 1. The lowest BCUT2D eigenvalue weighted by atomic mass is 10.0. The van der Waals surface area contributed by atoms with Crippen LogP contribution in [0.2, 0.25) is 0 Å². The summed E-state index contributed by atoms with van der Waals surface area (Å²) in [5, 5.41) is 14.6. The number of nitro benzene ring substituents is 1. The summed E-state index contributed by atoms with van der Waals surface area (Å²) in [6.07, 6.45) is 0. The van der Waals surface area contributed by atoms with Crippen molar-refractivity contribution in [2.75, 3.05) is 12.4 Å². The number of methoxy groups -OCH3 is 1. The van der Waals surface area contributed by atoms with Crippen LogP contribution in [0, 0.1) is 10.1 Å². The van der Waals surface area contributed by atoms with E-state index in [2.05, 4.69) is 10.3 Å². The van der Waals surface area contributed by atoms with E-state index in [1.54, 1.807) is 31.4 Å². The number of hydrogen-bond acceptors (Lipinski definition) is 5. The molecule has 0 atom stereocenters. The molecule has 0 bridgehead atoms. The average Bonchev–Trinajstić information content (AvgIpc) is 2.78. The normalized spacial score (nSPS) is 10.6. The maximum Gasteiger partial charge on any atom is 0.292 e.